The predicted octanol–water partition coefficient (Wildman–Crippen LogP) is 0.249. The van der Waals surface area contributed by atoms with E-state index in [1.54, 1.807) is 0 Å². The smallest absolute Gasteiger partial charge is 0.305 e. The predicted molar refractivity (Wildman–Crippen MR) is 39.4 cm³/mol. The van der Waals surface area contributed by atoms with E-state index in [1.165, 1.54) is 0 Å². The summed E-state index contributed by atoms with van der Waals surface area (Å²) < 4.78 is 4.93. The summed E-state index contributed by atoms with van der Waals surface area (Å²) in [4.78, 5) is 10.0. The Morgan fingerprint density at radius 3 is 2.73 bits per heavy atom. The molecule has 2 N–H and O–H groups in total. The maximum absolute atomic E-state index is 10.0. The van der Waals surface area contributed by atoms with Crippen LogP contribution in [-0.2, 0) is 9.53 Å². The second kappa shape index (κ2) is 6.12. The van der Waals surface area contributed by atoms with Crippen LogP contribution in [-0.4, -0.2) is 35.5 Å². The van der Waals surface area contributed by atoms with Crippen LogP contribution in [0, 0.1) is 0 Å². The maximum atomic E-state index is 10.0. The first-order valence-electron chi connectivity index (χ1n) is 3.64. The first-order chi connectivity index (χ1) is 5.16. The standard InChI is InChI=1S/C7H14O4/c1-2-11-4-3-6(8)5-7(9)10/h6,8H,2-5H2,1H3,(H,9,10). The minimum Gasteiger partial charge on any atom is -0.481 e. The van der Waals surface area contributed by atoms with Gasteiger partial charge in [0.1, 0.15) is 0 Å². The highest BCUT2D eigenvalue weighted by atomic mass is 16.5. The van der Waals surface area contributed by atoms with Crippen LogP contribution in [0.3, 0.4) is 0 Å². The van der Waals surface area contributed by atoms with E-state index in [0.717, 1.165) is 0 Å². The molecule has 0 aromatic carbocycles. The number of hydrogen-bond donors (Lipinski definition) is 2. The fourth-order valence-corrected chi connectivity index (χ4v) is 0.667. The van der Waals surface area contributed by atoms with Gasteiger partial charge < -0.3 is 14.9 Å². The van der Waals surface area contributed by atoms with Gasteiger partial charge in [0.2, 0.25) is 0 Å². The van der Waals surface area contributed by atoms with Crippen LogP contribution in [0.25, 0.3) is 0 Å². The van der Waals surface area contributed by atoms with Gasteiger partial charge in [-0.15, -0.1) is 0 Å². The molecule has 0 fully saturated rings. The highest BCUT2D eigenvalue weighted by Gasteiger charge is 2.08. The van der Waals surface area contributed by atoms with Crippen LogP contribution >= 0.6 is 0 Å². The van der Waals surface area contributed by atoms with Gasteiger partial charge in [-0.3, -0.25) is 4.79 Å². The Bertz CT molecular complexity index is 113. The third kappa shape index (κ3) is 7.29. The van der Waals surface area contributed by atoms with Gasteiger partial charge in [0.15, 0.2) is 0 Å². The van der Waals surface area contributed by atoms with Gasteiger partial charge in [0.05, 0.1) is 12.5 Å². The average molecular weight is 162 g/mol. The van der Waals surface area contributed by atoms with Crippen molar-refractivity contribution in [2.45, 2.75) is 25.9 Å². The highest BCUT2D eigenvalue weighted by molar-refractivity contribution is 5.67. The number of hydrogen-bond acceptors (Lipinski definition) is 3. The summed E-state index contributed by atoms with van der Waals surface area (Å²) in [6.45, 7) is 2.87. The van der Waals surface area contributed by atoms with E-state index >= 15 is 0 Å². The molecule has 11 heavy (non-hydrogen) atoms. The Kier molecular flexibility index (Phi) is 5.78. The molecule has 0 saturated carbocycles. The summed E-state index contributed by atoms with van der Waals surface area (Å²) in [5.41, 5.74) is 0. The van der Waals surface area contributed by atoms with E-state index in [-0.39, 0.29) is 6.42 Å². The molecule has 0 aromatic rings. The van der Waals surface area contributed by atoms with Crippen LogP contribution in [0.15, 0.2) is 0 Å². The quantitative estimate of drug-likeness (QED) is 0.549. The molecule has 1 atom stereocenters. The van der Waals surface area contributed by atoms with Gasteiger partial charge in [0.25, 0.3) is 0 Å². The molecule has 0 aliphatic heterocycles. The summed E-state index contributed by atoms with van der Waals surface area (Å²) >= 11 is 0. The van der Waals surface area contributed by atoms with Crippen molar-refractivity contribution in [3.63, 3.8) is 0 Å². The summed E-state index contributed by atoms with van der Waals surface area (Å²) in [7, 11) is 0. The lowest BCUT2D eigenvalue weighted by molar-refractivity contribution is -0.139. The molecule has 0 spiro atoms. The molecule has 0 aliphatic rings. The molecular weight excluding hydrogens is 148 g/mol. The number of aliphatic hydroxyl groups is 1. The number of aliphatic carboxylic acids is 1. The van der Waals surface area contributed by atoms with Crippen molar-refractivity contribution >= 4 is 5.97 Å². The van der Waals surface area contributed by atoms with Gasteiger partial charge in [0, 0.05) is 13.2 Å². The number of ether oxygens (including phenoxy) is 1. The number of carboxylic acids is 1. The van der Waals surface area contributed by atoms with Crippen molar-refractivity contribution in [2.24, 2.45) is 0 Å². The number of carbonyl (C=O) groups is 1. The van der Waals surface area contributed by atoms with Crippen molar-refractivity contribution in [2.75, 3.05) is 13.2 Å². The lowest BCUT2D eigenvalue weighted by Crippen LogP contribution is -2.15. The molecule has 0 rings (SSSR count). The topological polar surface area (TPSA) is 66.8 Å². The largest absolute Gasteiger partial charge is 0.481 e. The van der Waals surface area contributed by atoms with Crippen LogP contribution in [0.1, 0.15) is 19.8 Å². The number of carboxylic acid groups (broad SMARTS) is 1. The first kappa shape index (κ1) is 10.4. The summed E-state index contributed by atoms with van der Waals surface area (Å²) in [5, 5.41) is 17.2. The van der Waals surface area contributed by atoms with Crippen molar-refractivity contribution in [3.05, 3.63) is 0 Å². The Morgan fingerprint density at radius 2 is 2.27 bits per heavy atom. The monoisotopic (exact) mass is 162 g/mol. The molecule has 4 heteroatoms. The lowest BCUT2D eigenvalue weighted by Gasteiger charge is -2.06. The van der Waals surface area contributed by atoms with E-state index in [4.69, 9.17) is 14.9 Å². The van der Waals surface area contributed by atoms with Crippen LogP contribution < -0.4 is 0 Å². The minimum atomic E-state index is -0.978. The fourth-order valence-electron chi connectivity index (χ4n) is 0.667. The lowest BCUT2D eigenvalue weighted by atomic mass is 10.2. The zero-order valence-corrected chi connectivity index (χ0v) is 6.62. The van der Waals surface area contributed by atoms with E-state index < -0.39 is 12.1 Å². The molecular formula is C7H14O4. The first-order valence-corrected chi connectivity index (χ1v) is 3.64. The minimum absolute atomic E-state index is 0.201. The summed E-state index contributed by atoms with van der Waals surface area (Å²) in [6, 6.07) is 0. The summed E-state index contributed by atoms with van der Waals surface area (Å²) in [5.74, 6) is -0.978. The van der Waals surface area contributed by atoms with E-state index in [9.17, 15) is 4.79 Å². The Hall–Kier alpha value is -0.610. The zero-order valence-electron chi connectivity index (χ0n) is 6.62. The normalized spacial score (nSPS) is 12.9. The molecule has 0 aliphatic carbocycles. The molecule has 0 saturated heterocycles. The molecule has 66 valence electrons. The molecule has 4 nitrogen and oxygen atoms in total. The van der Waals surface area contributed by atoms with Gasteiger partial charge in [-0.05, 0) is 13.3 Å². The molecule has 1 unspecified atom stereocenters. The summed E-state index contributed by atoms with van der Waals surface area (Å²) in [6.07, 6.45) is -0.591. The fraction of sp³-hybridized carbons (Fsp3) is 0.857. The molecule has 0 bridgehead atoms. The molecule has 0 aromatic heterocycles. The van der Waals surface area contributed by atoms with E-state index in [2.05, 4.69) is 0 Å². The van der Waals surface area contributed by atoms with Crippen molar-refractivity contribution in [3.8, 4) is 0 Å². The van der Waals surface area contributed by atoms with Gasteiger partial charge >= 0.3 is 5.97 Å². The number of rotatable bonds is 6. The van der Waals surface area contributed by atoms with Gasteiger partial charge in [-0.25, -0.2) is 0 Å². The second-order valence-electron chi connectivity index (χ2n) is 2.24. The van der Waals surface area contributed by atoms with Crippen molar-refractivity contribution in [1.29, 1.82) is 0 Å². The molecule has 0 radical (unpaired) electrons. The Labute approximate surface area is 65.8 Å². The third-order valence-corrected chi connectivity index (χ3v) is 1.21. The number of aliphatic hydroxyl groups excluding tert-OH is 1. The van der Waals surface area contributed by atoms with E-state index in [1.807, 2.05) is 6.92 Å². The zero-order chi connectivity index (χ0) is 8.69. The SMILES string of the molecule is CCOCCC(O)CC(=O)O. The molecule has 0 heterocycles. The van der Waals surface area contributed by atoms with Crippen molar-refractivity contribution in [1.82, 2.24) is 0 Å². The Balaban J connectivity index is 3.22. The third-order valence-electron chi connectivity index (χ3n) is 1.21. The van der Waals surface area contributed by atoms with Gasteiger partial charge in [-0.1, -0.05) is 0 Å². The molecule has 0 amide bonds. The average Bonchev–Trinajstić information content (AvgIpc) is 1.86. The van der Waals surface area contributed by atoms with Crippen LogP contribution in [0.5, 0.6) is 0 Å². The van der Waals surface area contributed by atoms with Crippen LogP contribution in [0.2, 0.25) is 0 Å². The highest BCUT2D eigenvalue weighted by Crippen LogP contribution is 1.97. The van der Waals surface area contributed by atoms with Crippen LogP contribution in [0.4, 0.5) is 0 Å². The van der Waals surface area contributed by atoms with Gasteiger partial charge in [-0.2, -0.15) is 0 Å². The van der Waals surface area contributed by atoms with Crippen molar-refractivity contribution < 1.29 is 19.7 Å². The second-order valence-corrected chi connectivity index (χ2v) is 2.24. The maximum Gasteiger partial charge on any atom is 0.305 e. The van der Waals surface area contributed by atoms with E-state index in [0.29, 0.717) is 19.6 Å². The Morgan fingerprint density at radius 1 is 1.64 bits per heavy atom.